The Labute approximate surface area is 164 Å². The number of hydrogen-bond donors (Lipinski definition) is 1. The number of nitrogens with one attached hydrogen (secondary N) is 1. The van der Waals surface area contributed by atoms with Crippen LogP contribution in [0.25, 0.3) is 0 Å². The number of halogens is 1. The zero-order valence-electron chi connectivity index (χ0n) is 15.5. The molecule has 3 rings (SSSR count). The maximum Gasteiger partial charge on any atom is 0.257 e. The predicted octanol–water partition coefficient (Wildman–Crippen LogP) is 4.15. The second-order valence-electron chi connectivity index (χ2n) is 6.72. The molecule has 0 saturated carbocycles. The Kier molecular flexibility index (Phi) is 6.01. The largest absolute Gasteiger partial charge is 0.496 e. The number of amides is 2. The fraction of sp³-hybridized carbons (Fsp3) is 0.333. The van der Waals surface area contributed by atoms with Gasteiger partial charge in [-0.15, -0.1) is 0 Å². The van der Waals surface area contributed by atoms with E-state index in [-0.39, 0.29) is 17.7 Å². The molecule has 1 aliphatic rings. The Morgan fingerprint density at radius 3 is 2.52 bits per heavy atom. The first-order valence-corrected chi connectivity index (χ1v) is 9.36. The minimum Gasteiger partial charge on any atom is -0.496 e. The summed E-state index contributed by atoms with van der Waals surface area (Å²) in [4.78, 5) is 27.1. The highest BCUT2D eigenvalue weighted by atomic mass is 35.5. The third-order valence-electron chi connectivity index (χ3n) is 4.94. The number of hydrogen-bond acceptors (Lipinski definition) is 3. The van der Waals surface area contributed by atoms with Gasteiger partial charge in [-0.25, -0.2) is 0 Å². The number of rotatable bonds is 4. The van der Waals surface area contributed by atoms with Gasteiger partial charge in [-0.1, -0.05) is 23.7 Å². The standard InChI is InChI=1S/C21H23ClN2O3/c1-14-13-16(22)7-8-18(14)23-20(25)15-9-11-24(12-10-15)21(26)17-5-3-4-6-19(17)27-2/h3-8,13,15H,9-12H2,1-2H3,(H,23,25). The fourth-order valence-electron chi connectivity index (χ4n) is 3.34. The molecule has 2 amide bonds. The van der Waals surface area contributed by atoms with E-state index in [9.17, 15) is 9.59 Å². The molecule has 27 heavy (non-hydrogen) atoms. The van der Waals surface area contributed by atoms with Crippen LogP contribution < -0.4 is 10.1 Å². The van der Waals surface area contributed by atoms with Crippen molar-refractivity contribution >= 4 is 29.1 Å². The van der Waals surface area contributed by atoms with Gasteiger partial charge >= 0.3 is 0 Å². The molecule has 2 aromatic rings. The topological polar surface area (TPSA) is 58.6 Å². The third-order valence-corrected chi connectivity index (χ3v) is 5.17. The molecule has 1 aliphatic heterocycles. The third kappa shape index (κ3) is 4.42. The van der Waals surface area contributed by atoms with Crippen LogP contribution in [0.2, 0.25) is 5.02 Å². The van der Waals surface area contributed by atoms with Crippen molar-refractivity contribution in [3.8, 4) is 5.75 Å². The zero-order chi connectivity index (χ0) is 19.4. The SMILES string of the molecule is COc1ccccc1C(=O)N1CCC(C(=O)Nc2ccc(Cl)cc2C)CC1. The lowest BCUT2D eigenvalue weighted by atomic mass is 9.95. The van der Waals surface area contributed by atoms with Gasteiger partial charge < -0.3 is 15.0 Å². The number of carbonyl (C=O) groups is 2. The van der Waals surface area contributed by atoms with Crippen molar-refractivity contribution in [2.75, 3.05) is 25.5 Å². The number of nitrogens with zero attached hydrogens (tertiary/aromatic N) is 1. The van der Waals surface area contributed by atoms with Gasteiger partial charge in [0.15, 0.2) is 0 Å². The second kappa shape index (κ2) is 8.44. The summed E-state index contributed by atoms with van der Waals surface area (Å²) in [7, 11) is 1.56. The van der Waals surface area contributed by atoms with Gasteiger partial charge in [-0.05, 0) is 55.7 Å². The van der Waals surface area contributed by atoms with Crippen LogP contribution in [0.4, 0.5) is 5.69 Å². The van der Waals surface area contributed by atoms with E-state index in [4.69, 9.17) is 16.3 Å². The Morgan fingerprint density at radius 1 is 1.15 bits per heavy atom. The van der Waals surface area contributed by atoms with Crippen molar-refractivity contribution < 1.29 is 14.3 Å². The highest BCUT2D eigenvalue weighted by Gasteiger charge is 2.29. The minimum absolute atomic E-state index is 0.00943. The lowest BCUT2D eigenvalue weighted by Crippen LogP contribution is -2.41. The van der Waals surface area contributed by atoms with Crippen LogP contribution in [0.3, 0.4) is 0 Å². The molecule has 142 valence electrons. The molecule has 0 atom stereocenters. The number of benzene rings is 2. The van der Waals surface area contributed by atoms with Gasteiger partial charge in [0, 0.05) is 29.7 Å². The van der Waals surface area contributed by atoms with E-state index in [2.05, 4.69) is 5.32 Å². The van der Waals surface area contributed by atoms with Gasteiger partial charge in [0.25, 0.3) is 5.91 Å². The van der Waals surface area contributed by atoms with E-state index < -0.39 is 0 Å². The molecular formula is C21H23ClN2O3. The monoisotopic (exact) mass is 386 g/mol. The second-order valence-corrected chi connectivity index (χ2v) is 7.15. The number of ether oxygens (including phenoxy) is 1. The van der Waals surface area contributed by atoms with Gasteiger partial charge in [0.05, 0.1) is 12.7 Å². The molecular weight excluding hydrogens is 364 g/mol. The van der Waals surface area contributed by atoms with Gasteiger partial charge in [-0.2, -0.15) is 0 Å². The number of carbonyl (C=O) groups excluding carboxylic acids is 2. The molecule has 0 bridgehead atoms. The van der Waals surface area contributed by atoms with Crippen LogP contribution >= 0.6 is 11.6 Å². The predicted molar refractivity (Wildman–Crippen MR) is 106 cm³/mol. The van der Waals surface area contributed by atoms with Gasteiger partial charge in [-0.3, -0.25) is 9.59 Å². The van der Waals surface area contributed by atoms with Crippen molar-refractivity contribution in [2.24, 2.45) is 5.92 Å². The van der Waals surface area contributed by atoms with E-state index in [0.717, 1.165) is 11.3 Å². The average Bonchev–Trinajstić information content (AvgIpc) is 2.69. The van der Waals surface area contributed by atoms with Crippen LogP contribution in [0.5, 0.6) is 5.75 Å². The molecule has 1 saturated heterocycles. The van der Waals surface area contributed by atoms with Crippen molar-refractivity contribution in [3.63, 3.8) is 0 Å². The van der Waals surface area contributed by atoms with Crippen LogP contribution in [-0.2, 0) is 4.79 Å². The molecule has 0 radical (unpaired) electrons. The summed E-state index contributed by atoms with van der Waals surface area (Å²) in [6.45, 7) is 3.01. The summed E-state index contributed by atoms with van der Waals surface area (Å²) in [5, 5.41) is 3.63. The first kappa shape index (κ1) is 19.2. The van der Waals surface area contributed by atoms with E-state index in [1.165, 1.54) is 0 Å². The summed E-state index contributed by atoms with van der Waals surface area (Å²) < 4.78 is 5.28. The van der Waals surface area contributed by atoms with Gasteiger partial charge in [0.1, 0.15) is 5.75 Å². The van der Waals surface area contributed by atoms with Crippen LogP contribution in [0.15, 0.2) is 42.5 Å². The Hall–Kier alpha value is -2.53. The number of anilines is 1. The molecule has 1 N–H and O–H groups in total. The fourth-order valence-corrected chi connectivity index (χ4v) is 3.57. The first-order valence-electron chi connectivity index (χ1n) is 8.99. The number of methoxy groups -OCH3 is 1. The van der Waals surface area contributed by atoms with E-state index in [1.54, 1.807) is 30.2 Å². The molecule has 0 aliphatic carbocycles. The number of para-hydroxylation sites is 1. The molecule has 0 spiro atoms. The van der Waals surface area contributed by atoms with Gasteiger partial charge in [0.2, 0.25) is 5.91 Å². The summed E-state index contributed by atoms with van der Waals surface area (Å²) in [6, 6.07) is 12.6. The zero-order valence-corrected chi connectivity index (χ0v) is 16.3. The Balaban J connectivity index is 1.59. The van der Waals surface area contributed by atoms with E-state index >= 15 is 0 Å². The summed E-state index contributed by atoms with van der Waals surface area (Å²) in [5.41, 5.74) is 2.26. The first-order chi connectivity index (χ1) is 13.0. The number of aryl methyl sites for hydroxylation is 1. The van der Waals surface area contributed by atoms with Crippen molar-refractivity contribution in [2.45, 2.75) is 19.8 Å². The summed E-state index contributed by atoms with van der Waals surface area (Å²) in [6.07, 6.45) is 1.28. The highest BCUT2D eigenvalue weighted by molar-refractivity contribution is 6.30. The molecule has 1 fully saturated rings. The van der Waals surface area contributed by atoms with Crippen molar-refractivity contribution in [1.82, 2.24) is 4.90 Å². The number of piperidine rings is 1. The minimum atomic E-state index is -0.109. The molecule has 5 nitrogen and oxygen atoms in total. The molecule has 6 heteroatoms. The van der Waals surface area contributed by atoms with Crippen molar-refractivity contribution in [1.29, 1.82) is 0 Å². The molecule has 0 aromatic heterocycles. The van der Waals surface area contributed by atoms with Crippen LogP contribution in [-0.4, -0.2) is 36.9 Å². The lowest BCUT2D eigenvalue weighted by Gasteiger charge is -2.31. The number of likely N-dealkylation sites (tertiary alicyclic amines) is 1. The highest BCUT2D eigenvalue weighted by Crippen LogP contribution is 2.25. The summed E-state index contributed by atoms with van der Waals surface area (Å²) >= 11 is 5.96. The smallest absolute Gasteiger partial charge is 0.257 e. The normalized spacial score (nSPS) is 14.7. The summed E-state index contributed by atoms with van der Waals surface area (Å²) in [5.74, 6) is 0.395. The molecule has 1 heterocycles. The van der Waals surface area contributed by atoms with Crippen LogP contribution in [0, 0.1) is 12.8 Å². The quantitative estimate of drug-likeness (QED) is 0.858. The lowest BCUT2D eigenvalue weighted by molar-refractivity contribution is -0.121. The maximum absolute atomic E-state index is 12.8. The Bertz CT molecular complexity index is 845. The maximum atomic E-state index is 12.8. The Morgan fingerprint density at radius 2 is 1.85 bits per heavy atom. The van der Waals surface area contributed by atoms with E-state index in [0.29, 0.717) is 42.3 Å². The van der Waals surface area contributed by atoms with Crippen molar-refractivity contribution in [3.05, 3.63) is 58.6 Å². The molecule has 0 unspecified atom stereocenters. The van der Waals surface area contributed by atoms with E-state index in [1.807, 2.05) is 31.2 Å². The average molecular weight is 387 g/mol. The van der Waals surface area contributed by atoms with Crippen LogP contribution in [0.1, 0.15) is 28.8 Å². The molecule has 2 aromatic carbocycles.